The van der Waals surface area contributed by atoms with Gasteiger partial charge in [-0.2, -0.15) is 0 Å². The predicted molar refractivity (Wildman–Crippen MR) is 250 cm³/mol. The van der Waals surface area contributed by atoms with Crippen molar-refractivity contribution in [2.75, 3.05) is 13.2 Å². The lowest BCUT2D eigenvalue weighted by Gasteiger charge is -2.20. The van der Waals surface area contributed by atoms with E-state index in [9.17, 15) is 19.8 Å². The monoisotopic (exact) mass is 818 g/mol. The van der Waals surface area contributed by atoms with E-state index in [0.29, 0.717) is 19.4 Å². The molecule has 58 heavy (non-hydrogen) atoms. The van der Waals surface area contributed by atoms with Crippen molar-refractivity contribution in [1.82, 2.24) is 5.32 Å². The Kier molecular flexibility index (Phi) is 46.6. The summed E-state index contributed by atoms with van der Waals surface area (Å²) in [5.74, 6) is -0.105. The Morgan fingerprint density at radius 1 is 0.466 bits per heavy atom. The van der Waals surface area contributed by atoms with Crippen LogP contribution in [-0.2, 0) is 14.3 Å². The lowest BCUT2D eigenvalue weighted by Crippen LogP contribution is -2.45. The first-order valence-corrected chi connectivity index (χ1v) is 25.6. The number of carbonyl (C=O) groups excluding carboxylic acids is 2. The SMILES string of the molecule is CCCC/C=C\CCCCCCCC(=O)OCCCCCCCCCCCCCCC(=O)NC(CO)C(O)/C=C/CCCCCCCCCCCCCCCCCC. The van der Waals surface area contributed by atoms with Crippen LogP contribution in [-0.4, -0.2) is 47.4 Å². The second-order valence-corrected chi connectivity index (χ2v) is 17.5. The molecule has 0 aromatic carbocycles. The lowest BCUT2D eigenvalue weighted by molar-refractivity contribution is -0.143. The summed E-state index contributed by atoms with van der Waals surface area (Å²) in [6.07, 6.45) is 56.0. The summed E-state index contributed by atoms with van der Waals surface area (Å²) in [4.78, 5) is 24.4. The summed E-state index contributed by atoms with van der Waals surface area (Å²) in [6, 6.07) is -0.639. The zero-order chi connectivity index (χ0) is 42.3. The van der Waals surface area contributed by atoms with Crippen molar-refractivity contribution in [2.24, 2.45) is 0 Å². The van der Waals surface area contributed by atoms with E-state index in [4.69, 9.17) is 4.74 Å². The van der Waals surface area contributed by atoms with Crippen LogP contribution in [0.2, 0.25) is 0 Å². The second-order valence-electron chi connectivity index (χ2n) is 17.5. The minimum Gasteiger partial charge on any atom is -0.466 e. The Morgan fingerprint density at radius 3 is 1.28 bits per heavy atom. The van der Waals surface area contributed by atoms with Gasteiger partial charge >= 0.3 is 5.97 Å². The predicted octanol–water partition coefficient (Wildman–Crippen LogP) is 15.1. The van der Waals surface area contributed by atoms with Gasteiger partial charge in [0.15, 0.2) is 0 Å². The highest BCUT2D eigenvalue weighted by atomic mass is 16.5. The topological polar surface area (TPSA) is 95.9 Å². The molecule has 6 heteroatoms. The summed E-state index contributed by atoms with van der Waals surface area (Å²) < 4.78 is 5.43. The van der Waals surface area contributed by atoms with Gasteiger partial charge in [0, 0.05) is 12.8 Å². The largest absolute Gasteiger partial charge is 0.466 e. The molecule has 3 N–H and O–H groups in total. The number of hydrogen-bond donors (Lipinski definition) is 3. The van der Waals surface area contributed by atoms with Crippen LogP contribution in [0.3, 0.4) is 0 Å². The summed E-state index contributed by atoms with van der Waals surface area (Å²) in [6.45, 7) is 4.83. The van der Waals surface area contributed by atoms with E-state index < -0.39 is 12.1 Å². The number of nitrogens with one attached hydrogen (secondary N) is 1. The molecule has 0 rings (SSSR count). The first kappa shape index (κ1) is 56.3. The number of aliphatic hydroxyl groups is 2. The number of unbranched alkanes of at least 4 members (excludes halogenated alkanes) is 34. The van der Waals surface area contributed by atoms with Gasteiger partial charge in [-0.25, -0.2) is 0 Å². The van der Waals surface area contributed by atoms with Crippen LogP contribution in [0.4, 0.5) is 0 Å². The molecular weight excluding hydrogens is 719 g/mol. The number of ether oxygens (including phenoxy) is 1. The van der Waals surface area contributed by atoms with Gasteiger partial charge in [-0.05, 0) is 51.4 Å². The molecule has 0 fully saturated rings. The Morgan fingerprint density at radius 2 is 0.828 bits per heavy atom. The van der Waals surface area contributed by atoms with Gasteiger partial charge in [-0.15, -0.1) is 0 Å². The summed E-state index contributed by atoms with van der Waals surface area (Å²) in [7, 11) is 0. The highest BCUT2D eigenvalue weighted by Gasteiger charge is 2.18. The molecule has 0 aromatic heterocycles. The number of carbonyl (C=O) groups is 2. The smallest absolute Gasteiger partial charge is 0.305 e. The molecule has 6 nitrogen and oxygen atoms in total. The molecule has 0 heterocycles. The average Bonchev–Trinajstić information content (AvgIpc) is 3.22. The Balaban J connectivity index is 3.52. The zero-order valence-corrected chi connectivity index (χ0v) is 38.8. The number of esters is 1. The summed E-state index contributed by atoms with van der Waals surface area (Å²) in [5, 5.41) is 23.1. The maximum absolute atomic E-state index is 12.4. The van der Waals surface area contributed by atoms with Crippen LogP contribution in [0.15, 0.2) is 24.3 Å². The van der Waals surface area contributed by atoms with Crippen molar-refractivity contribution in [2.45, 2.75) is 283 Å². The van der Waals surface area contributed by atoms with Gasteiger partial charge in [0.1, 0.15) is 0 Å². The van der Waals surface area contributed by atoms with Crippen LogP contribution < -0.4 is 5.32 Å². The molecule has 0 bridgehead atoms. The van der Waals surface area contributed by atoms with Gasteiger partial charge in [0.05, 0.1) is 25.4 Å². The molecule has 0 radical (unpaired) electrons. The third-order valence-corrected chi connectivity index (χ3v) is 11.7. The zero-order valence-electron chi connectivity index (χ0n) is 38.8. The number of amides is 1. The number of allylic oxidation sites excluding steroid dienone is 3. The van der Waals surface area contributed by atoms with E-state index >= 15 is 0 Å². The molecule has 2 atom stereocenters. The molecule has 0 aliphatic rings. The van der Waals surface area contributed by atoms with Crippen molar-refractivity contribution in [1.29, 1.82) is 0 Å². The Bertz CT molecular complexity index is 904. The number of rotatable bonds is 47. The standard InChI is InChI=1S/C52H99NO5/c1-3-5-7-9-11-13-15-16-17-18-19-20-21-25-28-32-36-40-44-50(55)49(48-54)53-51(56)45-41-37-33-29-26-22-23-27-31-35-39-43-47-58-52(57)46-42-38-34-30-24-14-12-10-8-6-4-2/h10,12,40,44,49-50,54-55H,3-9,11,13-39,41-43,45-48H2,1-2H3,(H,53,56)/b12-10-,44-40+. The molecule has 0 saturated heterocycles. The van der Waals surface area contributed by atoms with Gasteiger partial charge < -0.3 is 20.3 Å². The molecule has 1 amide bonds. The second kappa shape index (κ2) is 48.0. The summed E-state index contributed by atoms with van der Waals surface area (Å²) >= 11 is 0. The van der Waals surface area contributed by atoms with E-state index in [2.05, 4.69) is 31.3 Å². The van der Waals surface area contributed by atoms with E-state index in [0.717, 1.165) is 57.8 Å². The quantitative estimate of drug-likeness (QED) is 0.0323. The first-order chi connectivity index (χ1) is 28.5. The third kappa shape index (κ3) is 43.9. The molecule has 0 spiro atoms. The van der Waals surface area contributed by atoms with Crippen LogP contribution >= 0.6 is 0 Å². The molecule has 0 aliphatic heterocycles. The number of hydrogen-bond acceptors (Lipinski definition) is 5. The molecular formula is C52H99NO5. The van der Waals surface area contributed by atoms with Gasteiger partial charge in [-0.3, -0.25) is 9.59 Å². The van der Waals surface area contributed by atoms with Crippen molar-refractivity contribution in [3.63, 3.8) is 0 Å². The average molecular weight is 818 g/mol. The Hall–Kier alpha value is -1.66. The normalized spacial score (nSPS) is 12.8. The highest BCUT2D eigenvalue weighted by Crippen LogP contribution is 2.16. The third-order valence-electron chi connectivity index (χ3n) is 11.7. The summed E-state index contributed by atoms with van der Waals surface area (Å²) in [5.41, 5.74) is 0. The molecule has 0 saturated carbocycles. The van der Waals surface area contributed by atoms with E-state index in [-0.39, 0.29) is 18.5 Å². The van der Waals surface area contributed by atoms with Crippen LogP contribution in [0.5, 0.6) is 0 Å². The maximum Gasteiger partial charge on any atom is 0.305 e. The van der Waals surface area contributed by atoms with Gasteiger partial charge in [-0.1, -0.05) is 231 Å². The fourth-order valence-electron chi connectivity index (χ4n) is 7.73. The van der Waals surface area contributed by atoms with Crippen molar-refractivity contribution in [3.8, 4) is 0 Å². The molecule has 342 valence electrons. The van der Waals surface area contributed by atoms with Crippen molar-refractivity contribution < 1.29 is 24.5 Å². The lowest BCUT2D eigenvalue weighted by atomic mass is 10.0. The fraction of sp³-hybridized carbons (Fsp3) is 0.885. The molecule has 2 unspecified atom stereocenters. The van der Waals surface area contributed by atoms with Crippen LogP contribution in [0.25, 0.3) is 0 Å². The van der Waals surface area contributed by atoms with Gasteiger partial charge in [0.2, 0.25) is 5.91 Å². The maximum atomic E-state index is 12.4. The van der Waals surface area contributed by atoms with Crippen LogP contribution in [0.1, 0.15) is 271 Å². The van der Waals surface area contributed by atoms with E-state index in [1.165, 1.54) is 186 Å². The molecule has 0 aliphatic carbocycles. The van der Waals surface area contributed by atoms with Crippen molar-refractivity contribution in [3.05, 3.63) is 24.3 Å². The first-order valence-electron chi connectivity index (χ1n) is 25.6. The highest BCUT2D eigenvalue weighted by molar-refractivity contribution is 5.76. The van der Waals surface area contributed by atoms with Gasteiger partial charge in [0.25, 0.3) is 0 Å². The number of aliphatic hydroxyl groups excluding tert-OH is 2. The van der Waals surface area contributed by atoms with Crippen molar-refractivity contribution >= 4 is 11.9 Å². The minimum atomic E-state index is -0.854. The minimum absolute atomic E-state index is 0.0220. The van der Waals surface area contributed by atoms with Crippen LogP contribution in [0, 0.1) is 0 Å². The van der Waals surface area contributed by atoms with E-state index in [1.807, 2.05) is 6.08 Å². The Labute approximate surface area is 361 Å². The molecule has 0 aromatic rings. The fourth-order valence-corrected chi connectivity index (χ4v) is 7.73. The van der Waals surface area contributed by atoms with E-state index in [1.54, 1.807) is 6.08 Å².